The van der Waals surface area contributed by atoms with Crippen molar-refractivity contribution in [1.82, 2.24) is 10.3 Å². The van der Waals surface area contributed by atoms with E-state index in [2.05, 4.69) is 10.3 Å². The van der Waals surface area contributed by atoms with Gasteiger partial charge in [0.1, 0.15) is 5.01 Å². The fourth-order valence-electron chi connectivity index (χ4n) is 1.71. The number of hydrogen-bond donors (Lipinski definition) is 1. The summed E-state index contributed by atoms with van der Waals surface area (Å²) in [6.45, 7) is 4.72. The molecule has 0 saturated carbocycles. The average molecular weight is 336 g/mol. The molecule has 1 aromatic carbocycles. The minimum atomic E-state index is 0.0754. The van der Waals surface area contributed by atoms with Crippen LogP contribution in [0.1, 0.15) is 29.2 Å². The Morgan fingerprint density at radius 1 is 1.26 bits per heavy atom. The quantitative estimate of drug-likeness (QED) is 0.771. The molecule has 0 aliphatic heterocycles. The van der Waals surface area contributed by atoms with E-state index >= 15 is 0 Å². The highest BCUT2D eigenvalue weighted by molar-refractivity contribution is 7.09. The Bertz CT molecular complexity index is 583. The summed E-state index contributed by atoms with van der Waals surface area (Å²) in [6, 6.07) is 3.73. The van der Waals surface area contributed by atoms with Crippen molar-refractivity contribution in [1.29, 1.82) is 0 Å². The highest BCUT2D eigenvalue weighted by atomic mass is 35.5. The average Bonchev–Trinajstić information content (AvgIpc) is 2.79. The van der Waals surface area contributed by atoms with Crippen LogP contribution in [0.25, 0.3) is 0 Å². The van der Waals surface area contributed by atoms with E-state index < -0.39 is 0 Å². The monoisotopic (exact) mass is 334 g/mol. The highest BCUT2D eigenvalue weighted by Gasteiger charge is 2.14. The van der Waals surface area contributed by atoms with Crippen LogP contribution < -0.4 is 5.32 Å². The first kappa shape index (κ1) is 15.1. The maximum atomic E-state index is 6.21. The predicted molar refractivity (Wildman–Crippen MR) is 83.6 cm³/mol. The molecule has 1 unspecified atom stereocenters. The van der Waals surface area contributed by atoms with Gasteiger partial charge in [0.15, 0.2) is 0 Å². The van der Waals surface area contributed by atoms with Crippen LogP contribution in [0.2, 0.25) is 15.1 Å². The molecule has 0 fully saturated rings. The molecule has 19 heavy (non-hydrogen) atoms. The van der Waals surface area contributed by atoms with Crippen molar-refractivity contribution in [3.63, 3.8) is 0 Å². The maximum Gasteiger partial charge on any atom is 0.107 e. The Labute approximate surface area is 131 Å². The van der Waals surface area contributed by atoms with Gasteiger partial charge in [-0.2, -0.15) is 0 Å². The van der Waals surface area contributed by atoms with E-state index in [1.807, 2.05) is 25.3 Å². The normalized spacial score (nSPS) is 12.7. The van der Waals surface area contributed by atoms with Gasteiger partial charge in [0.2, 0.25) is 0 Å². The molecule has 0 amide bonds. The molecule has 1 heterocycles. The second kappa shape index (κ2) is 6.42. The van der Waals surface area contributed by atoms with Crippen molar-refractivity contribution >= 4 is 46.1 Å². The standard InChI is InChI=1S/C13H13Cl3N2S/c1-7-6-19-11(18-7)5-17-8(2)9-3-4-10(14)13(16)12(9)15/h3-4,6,8,17H,5H2,1-2H3. The van der Waals surface area contributed by atoms with E-state index in [9.17, 15) is 0 Å². The molecular weight excluding hydrogens is 323 g/mol. The summed E-state index contributed by atoms with van der Waals surface area (Å²) in [5.41, 5.74) is 1.98. The van der Waals surface area contributed by atoms with Crippen molar-refractivity contribution < 1.29 is 0 Å². The predicted octanol–water partition coefficient (Wildman–Crippen LogP) is 5.26. The summed E-state index contributed by atoms with van der Waals surface area (Å²) in [7, 11) is 0. The smallest absolute Gasteiger partial charge is 0.107 e. The second-order valence-electron chi connectivity index (χ2n) is 4.25. The second-order valence-corrected chi connectivity index (χ2v) is 6.36. The Balaban J connectivity index is 2.08. The van der Waals surface area contributed by atoms with Crippen molar-refractivity contribution in [3.05, 3.63) is 48.8 Å². The van der Waals surface area contributed by atoms with E-state index in [-0.39, 0.29) is 6.04 Å². The lowest BCUT2D eigenvalue weighted by Crippen LogP contribution is -2.18. The van der Waals surface area contributed by atoms with E-state index in [0.717, 1.165) is 16.3 Å². The van der Waals surface area contributed by atoms with Gasteiger partial charge < -0.3 is 5.32 Å². The fraction of sp³-hybridized carbons (Fsp3) is 0.308. The summed E-state index contributed by atoms with van der Waals surface area (Å²) >= 11 is 19.8. The van der Waals surface area contributed by atoms with Crippen molar-refractivity contribution in [3.8, 4) is 0 Å². The summed E-state index contributed by atoms with van der Waals surface area (Å²) in [5.74, 6) is 0. The molecule has 0 aliphatic carbocycles. The zero-order valence-corrected chi connectivity index (χ0v) is 13.6. The van der Waals surface area contributed by atoms with Crippen molar-refractivity contribution in [2.75, 3.05) is 0 Å². The molecule has 0 radical (unpaired) electrons. The van der Waals surface area contributed by atoms with Gasteiger partial charge in [0.25, 0.3) is 0 Å². The molecule has 1 N–H and O–H groups in total. The lowest BCUT2D eigenvalue weighted by molar-refractivity contribution is 0.573. The third-order valence-corrected chi connectivity index (χ3v) is 5.03. The molecule has 0 aliphatic rings. The van der Waals surface area contributed by atoms with E-state index in [4.69, 9.17) is 34.8 Å². The van der Waals surface area contributed by atoms with Crippen LogP contribution in [0.5, 0.6) is 0 Å². The lowest BCUT2D eigenvalue weighted by atomic mass is 10.1. The number of halogens is 3. The zero-order chi connectivity index (χ0) is 14.0. The van der Waals surface area contributed by atoms with Crippen LogP contribution in [0.3, 0.4) is 0 Å². The van der Waals surface area contributed by atoms with Gasteiger partial charge in [-0.25, -0.2) is 4.98 Å². The molecule has 2 rings (SSSR count). The third kappa shape index (κ3) is 3.61. The molecule has 0 saturated heterocycles. The van der Waals surface area contributed by atoms with Gasteiger partial charge in [0, 0.05) is 23.7 Å². The number of benzene rings is 1. The van der Waals surface area contributed by atoms with Gasteiger partial charge in [-0.15, -0.1) is 11.3 Å². The Morgan fingerprint density at radius 2 is 2.00 bits per heavy atom. The van der Waals surface area contributed by atoms with Crippen LogP contribution >= 0.6 is 46.1 Å². The molecule has 2 nitrogen and oxygen atoms in total. The fourth-order valence-corrected chi connectivity index (χ4v) is 3.14. The molecule has 0 spiro atoms. The minimum Gasteiger partial charge on any atom is -0.304 e. The summed E-state index contributed by atoms with van der Waals surface area (Å²) in [5, 5.41) is 7.85. The number of nitrogens with zero attached hydrogens (tertiary/aromatic N) is 1. The minimum absolute atomic E-state index is 0.0754. The molecule has 1 atom stereocenters. The SMILES string of the molecule is Cc1csc(CNC(C)c2ccc(Cl)c(Cl)c2Cl)n1. The van der Waals surface area contributed by atoms with E-state index in [1.54, 1.807) is 17.4 Å². The highest BCUT2D eigenvalue weighted by Crippen LogP contribution is 2.35. The Morgan fingerprint density at radius 3 is 2.63 bits per heavy atom. The topological polar surface area (TPSA) is 24.9 Å². The number of thiazole rings is 1. The molecule has 6 heteroatoms. The number of hydrogen-bond acceptors (Lipinski definition) is 3. The van der Waals surface area contributed by atoms with Crippen molar-refractivity contribution in [2.24, 2.45) is 0 Å². The van der Waals surface area contributed by atoms with Crippen LogP contribution in [0, 0.1) is 6.92 Å². The summed E-state index contributed by atoms with van der Waals surface area (Å²) in [4.78, 5) is 4.41. The molecule has 0 bridgehead atoms. The number of nitrogens with one attached hydrogen (secondary N) is 1. The Hall–Kier alpha value is -0.320. The molecular formula is C13H13Cl3N2S. The van der Waals surface area contributed by atoms with Gasteiger partial charge in [-0.1, -0.05) is 40.9 Å². The number of aromatic nitrogens is 1. The zero-order valence-electron chi connectivity index (χ0n) is 10.5. The first-order chi connectivity index (χ1) is 8.99. The lowest BCUT2D eigenvalue weighted by Gasteiger charge is -2.16. The Kier molecular flexibility index (Phi) is 5.09. The number of aryl methyl sites for hydroxylation is 1. The van der Waals surface area contributed by atoms with Crippen molar-refractivity contribution in [2.45, 2.75) is 26.4 Å². The van der Waals surface area contributed by atoms with Crippen LogP contribution in [0.15, 0.2) is 17.5 Å². The first-order valence-corrected chi connectivity index (χ1v) is 7.78. The van der Waals surface area contributed by atoms with E-state index in [1.165, 1.54) is 0 Å². The molecule has 102 valence electrons. The molecule has 2 aromatic rings. The third-order valence-electron chi connectivity index (χ3n) is 2.76. The number of rotatable bonds is 4. The first-order valence-electron chi connectivity index (χ1n) is 5.77. The van der Waals surface area contributed by atoms with Gasteiger partial charge in [-0.3, -0.25) is 0 Å². The van der Waals surface area contributed by atoms with Gasteiger partial charge in [-0.05, 0) is 25.5 Å². The summed E-state index contributed by atoms with van der Waals surface area (Å²) in [6.07, 6.45) is 0. The largest absolute Gasteiger partial charge is 0.304 e. The van der Waals surface area contributed by atoms with Gasteiger partial charge in [0.05, 0.1) is 15.1 Å². The van der Waals surface area contributed by atoms with Crippen LogP contribution in [0.4, 0.5) is 0 Å². The maximum absolute atomic E-state index is 6.21. The van der Waals surface area contributed by atoms with Gasteiger partial charge >= 0.3 is 0 Å². The molecule has 1 aromatic heterocycles. The summed E-state index contributed by atoms with van der Waals surface area (Å²) < 4.78 is 0. The van der Waals surface area contributed by atoms with Crippen LogP contribution in [-0.4, -0.2) is 4.98 Å². The van der Waals surface area contributed by atoms with E-state index in [0.29, 0.717) is 21.6 Å². The van der Waals surface area contributed by atoms with Crippen LogP contribution in [-0.2, 0) is 6.54 Å².